The molecule has 0 aliphatic carbocycles. The van der Waals surface area contributed by atoms with Gasteiger partial charge in [-0.25, -0.2) is 0 Å². The molecule has 0 spiro atoms. The normalized spacial score (nSPS) is 11.5. The molecule has 0 saturated heterocycles. The van der Waals surface area contributed by atoms with Gasteiger partial charge in [-0.05, 0) is 46.9 Å². The van der Waals surface area contributed by atoms with Crippen molar-refractivity contribution in [1.82, 2.24) is 5.32 Å². The number of amides is 1. The van der Waals surface area contributed by atoms with Crippen LogP contribution in [-0.4, -0.2) is 34.1 Å². The first kappa shape index (κ1) is 23.0. The van der Waals surface area contributed by atoms with Crippen molar-refractivity contribution in [3.05, 3.63) is 94.5 Å². The first-order chi connectivity index (χ1) is 15.3. The van der Waals surface area contributed by atoms with E-state index < -0.39 is 23.9 Å². The molecule has 0 fully saturated rings. The van der Waals surface area contributed by atoms with Crippen molar-refractivity contribution in [3.63, 3.8) is 0 Å². The Balaban J connectivity index is 1.76. The lowest BCUT2D eigenvalue weighted by Gasteiger charge is -2.18. The van der Waals surface area contributed by atoms with E-state index in [9.17, 15) is 19.5 Å². The maximum Gasteiger partial charge on any atom is 0.307 e. The van der Waals surface area contributed by atoms with Crippen LogP contribution in [0.3, 0.4) is 0 Å². The Morgan fingerprint density at radius 1 is 0.812 bits per heavy atom. The fourth-order valence-electron chi connectivity index (χ4n) is 3.50. The molecule has 1 atom stereocenters. The highest BCUT2D eigenvalue weighted by Gasteiger charge is 2.19. The van der Waals surface area contributed by atoms with Gasteiger partial charge in [0.2, 0.25) is 0 Å². The molecule has 0 aromatic heterocycles. The predicted molar refractivity (Wildman–Crippen MR) is 122 cm³/mol. The molecule has 3 rings (SSSR count). The van der Waals surface area contributed by atoms with Gasteiger partial charge in [0.1, 0.15) is 0 Å². The summed E-state index contributed by atoms with van der Waals surface area (Å²) in [5.41, 5.74) is 3.38. The summed E-state index contributed by atoms with van der Waals surface area (Å²) in [6.45, 7) is 0. The molecule has 3 N–H and O–H groups in total. The van der Waals surface area contributed by atoms with Crippen molar-refractivity contribution in [2.75, 3.05) is 0 Å². The van der Waals surface area contributed by atoms with Gasteiger partial charge in [0.05, 0.1) is 12.8 Å². The van der Waals surface area contributed by atoms with E-state index in [0.717, 1.165) is 16.7 Å². The van der Waals surface area contributed by atoms with Crippen LogP contribution in [0, 0.1) is 0 Å². The number of aliphatic carboxylic acids is 2. The monoisotopic (exact) mass is 451 g/mol. The van der Waals surface area contributed by atoms with Crippen LogP contribution >= 0.6 is 11.6 Å². The molecule has 3 aromatic carbocycles. The summed E-state index contributed by atoms with van der Waals surface area (Å²) in [7, 11) is 0. The third-order valence-electron chi connectivity index (χ3n) is 5.00. The minimum absolute atomic E-state index is 0.0999. The third-order valence-corrected chi connectivity index (χ3v) is 5.37. The Bertz CT molecular complexity index is 1130. The van der Waals surface area contributed by atoms with Gasteiger partial charge in [-0.2, -0.15) is 0 Å². The van der Waals surface area contributed by atoms with Crippen LogP contribution in [0.5, 0.6) is 0 Å². The molecule has 0 heterocycles. The molecule has 0 radical (unpaired) electrons. The molecular formula is C25H22ClNO5. The van der Waals surface area contributed by atoms with E-state index in [1.54, 1.807) is 54.6 Å². The molecule has 7 heteroatoms. The molecule has 32 heavy (non-hydrogen) atoms. The summed E-state index contributed by atoms with van der Waals surface area (Å²) in [6, 6.07) is 20.4. The summed E-state index contributed by atoms with van der Waals surface area (Å²) in [5, 5.41) is 21.7. The highest BCUT2D eigenvalue weighted by atomic mass is 35.5. The SMILES string of the molecule is O=C(O)Cc1ccccc1-c1ccc(C(=O)NC(CC(=O)O)Cc2ccccc2Cl)cc1. The van der Waals surface area contributed by atoms with E-state index in [2.05, 4.69) is 5.32 Å². The van der Waals surface area contributed by atoms with Crippen molar-refractivity contribution in [2.45, 2.75) is 25.3 Å². The zero-order valence-electron chi connectivity index (χ0n) is 17.1. The number of carboxylic acids is 2. The zero-order chi connectivity index (χ0) is 23.1. The molecule has 3 aromatic rings. The second-order valence-corrected chi connectivity index (χ2v) is 7.78. The quantitative estimate of drug-likeness (QED) is 0.446. The van der Waals surface area contributed by atoms with E-state index >= 15 is 0 Å². The van der Waals surface area contributed by atoms with Gasteiger partial charge in [0, 0.05) is 16.6 Å². The number of carbonyl (C=O) groups excluding carboxylic acids is 1. The van der Waals surface area contributed by atoms with Gasteiger partial charge in [-0.1, -0.05) is 66.2 Å². The number of benzene rings is 3. The lowest BCUT2D eigenvalue weighted by molar-refractivity contribution is -0.138. The minimum Gasteiger partial charge on any atom is -0.481 e. The van der Waals surface area contributed by atoms with Crippen molar-refractivity contribution >= 4 is 29.4 Å². The topological polar surface area (TPSA) is 104 Å². The predicted octanol–water partition coefficient (Wildman–Crippen LogP) is 4.45. The smallest absolute Gasteiger partial charge is 0.307 e. The van der Waals surface area contributed by atoms with Gasteiger partial charge < -0.3 is 15.5 Å². The summed E-state index contributed by atoms with van der Waals surface area (Å²) in [4.78, 5) is 35.2. The summed E-state index contributed by atoms with van der Waals surface area (Å²) >= 11 is 6.18. The van der Waals surface area contributed by atoms with Gasteiger partial charge >= 0.3 is 11.9 Å². The van der Waals surface area contributed by atoms with Crippen molar-refractivity contribution in [3.8, 4) is 11.1 Å². The average Bonchev–Trinajstić information content (AvgIpc) is 2.75. The average molecular weight is 452 g/mol. The summed E-state index contributed by atoms with van der Waals surface area (Å²) < 4.78 is 0. The maximum atomic E-state index is 12.8. The first-order valence-corrected chi connectivity index (χ1v) is 10.4. The van der Waals surface area contributed by atoms with E-state index in [1.165, 1.54) is 0 Å². The van der Waals surface area contributed by atoms with Gasteiger partial charge in [-0.3, -0.25) is 14.4 Å². The van der Waals surface area contributed by atoms with Gasteiger partial charge in [0.15, 0.2) is 0 Å². The van der Waals surface area contributed by atoms with Crippen LogP contribution in [0.4, 0.5) is 0 Å². The lowest BCUT2D eigenvalue weighted by atomic mass is 9.96. The van der Waals surface area contributed by atoms with E-state index in [4.69, 9.17) is 16.7 Å². The molecule has 1 unspecified atom stereocenters. The van der Waals surface area contributed by atoms with E-state index in [-0.39, 0.29) is 12.8 Å². The Hall–Kier alpha value is -3.64. The fraction of sp³-hybridized carbons (Fsp3) is 0.160. The molecule has 164 valence electrons. The number of halogens is 1. The zero-order valence-corrected chi connectivity index (χ0v) is 17.9. The van der Waals surface area contributed by atoms with Crippen LogP contribution in [0.25, 0.3) is 11.1 Å². The van der Waals surface area contributed by atoms with Crippen LogP contribution in [0.15, 0.2) is 72.8 Å². The van der Waals surface area contributed by atoms with Gasteiger partial charge in [0.25, 0.3) is 5.91 Å². The number of rotatable bonds is 9. The molecule has 0 aliphatic heterocycles. The second-order valence-electron chi connectivity index (χ2n) is 7.37. The largest absolute Gasteiger partial charge is 0.481 e. The standard InChI is InChI=1S/C25H22ClNO5/c26-22-8-4-2-6-19(22)13-20(15-24(30)31)27-25(32)17-11-9-16(10-12-17)21-7-3-1-5-18(21)14-23(28)29/h1-12,20H,13-15H2,(H,27,32)(H,28,29)(H,30,31). The number of hydrogen-bond donors (Lipinski definition) is 3. The fourth-order valence-corrected chi connectivity index (χ4v) is 3.72. The third kappa shape index (κ3) is 6.18. The van der Waals surface area contributed by atoms with E-state index in [0.29, 0.717) is 22.6 Å². The highest BCUT2D eigenvalue weighted by molar-refractivity contribution is 6.31. The number of nitrogens with one attached hydrogen (secondary N) is 1. The summed E-state index contributed by atoms with van der Waals surface area (Å²) in [6.07, 6.45) is -0.0483. The van der Waals surface area contributed by atoms with Gasteiger partial charge in [-0.15, -0.1) is 0 Å². The number of hydrogen-bond acceptors (Lipinski definition) is 3. The molecular weight excluding hydrogens is 430 g/mol. The van der Waals surface area contributed by atoms with Crippen LogP contribution < -0.4 is 5.32 Å². The highest BCUT2D eigenvalue weighted by Crippen LogP contribution is 2.25. The van der Waals surface area contributed by atoms with E-state index in [1.807, 2.05) is 18.2 Å². The molecule has 0 bridgehead atoms. The van der Waals surface area contributed by atoms with Crippen molar-refractivity contribution in [2.24, 2.45) is 0 Å². The van der Waals surface area contributed by atoms with Crippen molar-refractivity contribution < 1.29 is 24.6 Å². The Morgan fingerprint density at radius 3 is 2.06 bits per heavy atom. The summed E-state index contributed by atoms with van der Waals surface area (Å²) in [5.74, 6) is -2.34. The Kier molecular flexibility index (Phi) is 7.63. The van der Waals surface area contributed by atoms with Crippen LogP contribution in [-0.2, 0) is 22.4 Å². The molecule has 6 nitrogen and oxygen atoms in total. The molecule has 0 saturated carbocycles. The number of carbonyl (C=O) groups is 3. The lowest BCUT2D eigenvalue weighted by Crippen LogP contribution is -2.38. The minimum atomic E-state index is -1.02. The second kappa shape index (κ2) is 10.6. The van der Waals surface area contributed by atoms with Crippen molar-refractivity contribution in [1.29, 1.82) is 0 Å². The number of carboxylic acid groups (broad SMARTS) is 2. The Morgan fingerprint density at radius 2 is 1.44 bits per heavy atom. The van der Waals surface area contributed by atoms with Crippen LogP contribution in [0.2, 0.25) is 5.02 Å². The maximum absolute atomic E-state index is 12.8. The molecule has 1 amide bonds. The van der Waals surface area contributed by atoms with Crippen LogP contribution in [0.1, 0.15) is 27.9 Å². The first-order valence-electron chi connectivity index (χ1n) is 9.99. The molecule has 0 aliphatic rings. The Labute approximate surface area is 190 Å².